The molecule has 17 heteroatoms. The molecular formula is C3H11LaO16. The van der Waals surface area contributed by atoms with Crippen LogP contribution in [0.15, 0.2) is 0 Å². The van der Waals surface area contributed by atoms with Gasteiger partial charge in [0, 0.05) is 0 Å². The molecule has 0 atom stereocenters. The van der Waals surface area contributed by atoms with E-state index in [1.165, 1.54) is 0 Å². The van der Waals surface area contributed by atoms with E-state index in [-0.39, 0.29) is 57.5 Å². The minimum absolute atomic E-state index is 0. The second-order valence-electron chi connectivity index (χ2n) is 1.02. The van der Waals surface area contributed by atoms with Crippen LogP contribution in [-0.4, -0.2) is 56.1 Å². The number of hydrogen-bond donors (Lipinski definition) is 3. The Balaban J connectivity index is -0.0000000160. The summed E-state index contributed by atoms with van der Waals surface area (Å²) in [6.45, 7) is 0. The summed E-state index contributed by atoms with van der Waals surface area (Å²) < 4.78 is 0. The largest absolute Gasteiger partial charge is 3.00 e. The van der Waals surface area contributed by atoms with Crippen LogP contribution in [0.2, 0.25) is 0 Å². The zero-order valence-corrected chi connectivity index (χ0v) is 12.7. The Labute approximate surface area is 136 Å². The second kappa shape index (κ2) is 43.1. The molecule has 0 aromatic carbocycles. The Bertz CT molecular complexity index is 157. The van der Waals surface area contributed by atoms with Gasteiger partial charge in [0.2, 0.25) is 0 Å². The summed E-state index contributed by atoms with van der Waals surface area (Å²) in [5.74, 6) is 0. The summed E-state index contributed by atoms with van der Waals surface area (Å²) >= 11 is 0. The normalized spacial score (nSPS) is 4.95. The number of hydrogen-bond acceptors (Lipinski definition) is 12. The summed E-state index contributed by atoms with van der Waals surface area (Å²) in [5, 5.41) is 47.3. The molecule has 0 saturated heterocycles. The Morgan fingerprint density at radius 1 is 0.600 bits per heavy atom. The maximum atomic E-state index is 8.78. The standard InChI is InChI=1S/3CH2O4.La.4H2O/c3*2-1(3)5-4;;;;;/h3*4H,(H,2,3);;4*1H2/q;;;+3;;;;/p-3. The van der Waals surface area contributed by atoms with E-state index in [1.54, 1.807) is 0 Å². The van der Waals surface area contributed by atoms with Gasteiger partial charge in [0.05, 0.1) is 0 Å². The number of rotatable bonds is 0. The average Bonchev–Trinajstić information content (AvgIpc) is 2.19. The van der Waals surface area contributed by atoms with Crippen molar-refractivity contribution in [2.75, 3.05) is 0 Å². The third-order valence-electron chi connectivity index (χ3n) is 0.224. The van der Waals surface area contributed by atoms with Gasteiger partial charge >= 0.3 is 35.6 Å². The fraction of sp³-hybridized carbons (Fsp3) is 0. The SMILES string of the molecule is O.O.O.O.O=C([O-])OO.O=C([O-])OO.O=C([O-])OO.[La+3]. The molecule has 0 aliphatic heterocycles. The quantitative estimate of drug-likeness (QED) is 0.179. The summed E-state index contributed by atoms with van der Waals surface area (Å²) in [7, 11) is 0. The molecule has 0 aliphatic rings. The molecule has 20 heavy (non-hydrogen) atoms. The van der Waals surface area contributed by atoms with Crippen molar-refractivity contribution in [3.63, 3.8) is 0 Å². The van der Waals surface area contributed by atoms with Crippen molar-refractivity contribution in [3.8, 4) is 0 Å². The minimum atomic E-state index is -1.94. The van der Waals surface area contributed by atoms with Gasteiger partial charge in [0.15, 0.2) is 0 Å². The fourth-order valence-electron chi connectivity index (χ4n) is 0. The van der Waals surface area contributed by atoms with Gasteiger partial charge in [-0.1, -0.05) is 0 Å². The van der Waals surface area contributed by atoms with Gasteiger partial charge in [-0.05, 0) is 0 Å². The minimum Gasteiger partial charge on any atom is -0.424 e. The molecule has 0 amide bonds. The first kappa shape index (κ1) is 51.1. The number of carbonyl (C=O) groups is 3. The fourth-order valence-corrected chi connectivity index (χ4v) is 0. The van der Waals surface area contributed by atoms with Crippen molar-refractivity contribution < 1.29 is 118 Å². The van der Waals surface area contributed by atoms with E-state index in [4.69, 9.17) is 45.5 Å². The molecule has 0 heterocycles. The maximum Gasteiger partial charge on any atom is 3.00 e. The predicted octanol–water partition coefficient (Wildman–Crippen LogP) is -6.84. The predicted molar refractivity (Wildman–Crippen MR) is 41.8 cm³/mol. The van der Waals surface area contributed by atoms with E-state index in [1.807, 2.05) is 0 Å². The molecule has 0 spiro atoms. The Morgan fingerprint density at radius 2 is 0.650 bits per heavy atom. The molecule has 0 fully saturated rings. The van der Waals surface area contributed by atoms with Gasteiger partial charge < -0.3 is 66.3 Å². The molecule has 11 N–H and O–H groups in total. The van der Waals surface area contributed by atoms with Crippen LogP contribution in [0.1, 0.15) is 0 Å². The number of carboxylic acid groups (broad SMARTS) is 3. The van der Waals surface area contributed by atoms with Gasteiger partial charge in [0.1, 0.15) is 0 Å². The van der Waals surface area contributed by atoms with Crippen molar-refractivity contribution in [2.45, 2.75) is 0 Å². The maximum absolute atomic E-state index is 8.78. The molecule has 0 radical (unpaired) electrons. The van der Waals surface area contributed by atoms with Gasteiger partial charge in [-0.3, -0.25) is 15.8 Å². The molecule has 0 aromatic rings. The zero-order chi connectivity index (χ0) is 12.9. The van der Waals surface area contributed by atoms with Crippen molar-refractivity contribution in [1.29, 1.82) is 0 Å². The average molecular weight is 442 g/mol. The second-order valence-corrected chi connectivity index (χ2v) is 1.02. The Hall–Kier alpha value is -1.28. The van der Waals surface area contributed by atoms with Crippen LogP contribution in [-0.2, 0) is 14.7 Å². The summed E-state index contributed by atoms with van der Waals surface area (Å²) in [4.78, 5) is 34.0. The molecule has 0 bridgehead atoms. The number of carbonyl (C=O) groups excluding carboxylic acids is 3. The first-order valence-electron chi connectivity index (χ1n) is 2.38. The summed E-state index contributed by atoms with van der Waals surface area (Å²) in [6.07, 6.45) is -5.82. The van der Waals surface area contributed by atoms with Gasteiger partial charge in [-0.15, -0.1) is 0 Å². The van der Waals surface area contributed by atoms with Crippen LogP contribution < -0.4 is 15.3 Å². The van der Waals surface area contributed by atoms with E-state index in [9.17, 15) is 0 Å². The molecule has 0 rings (SSSR count). The smallest absolute Gasteiger partial charge is 0.424 e. The van der Waals surface area contributed by atoms with Crippen molar-refractivity contribution in [3.05, 3.63) is 0 Å². The monoisotopic (exact) mass is 442 g/mol. The molecule has 16 nitrogen and oxygen atoms in total. The molecule has 0 aliphatic carbocycles. The summed E-state index contributed by atoms with van der Waals surface area (Å²) in [5.41, 5.74) is 0. The molecular weight excluding hydrogens is 431 g/mol. The van der Waals surface area contributed by atoms with Crippen molar-refractivity contribution in [1.82, 2.24) is 0 Å². The first-order valence-corrected chi connectivity index (χ1v) is 2.38. The van der Waals surface area contributed by atoms with Crippen LogP contribution in [0.25, 0.3) is 0 Å². The van der Waals surface area contributed by atoms with E-state index in [2.05, 4.69) is 14.7 Å². The topological polar surface area (TPSA) is 335 Å². The van der Waals surface area contributed by atoms with Crippen LogP contribution in [0.3, 0.4) is 0 Å². The third kappa shape index (κ3) is 185. The van der Waals surface area contributed by atoms with Gasteiger partial charge in [-0.2, -0.15) is 0 Å². The molecule has 0 saturated carbocycles. The summed E-state index contributed by atoms with van der Waals surface area (Å²) in [6, 6.07) is 0. The van der Waals surface area contributed by atoms with E-state index >= 15 is 0 Å². The van der Waals surface area contributed by atoms with Crippen LogP contribution in [0, 0.1) is 35.6 Å². The van der Waals surface area contributed by atoms with Gasteiger partial charge in [-0.25, -0.2) is 0 Å². The van der Waals surface area contributed by atoms with Crippen LogP contribution in [0.4, 0.5) is 14.4 Å². The van der Waals surface area contributed by atoms with Gasteiger partial charge in [0.25, 0.3) is 18.5 Å². The Morgan fingerprint density at radius 3 is 0.650 bits per heavy atom. The van der Waals surface area contributed by atoms with E-state index in [0.717, 1.165) is 0 Å². The van der Waals surface area contributed by atoms with E-state index < -0.39 is 18.5 Å². The third-order valence-corrected chi connectivity index (χ3v) is 0.224. The Kier molecular flexibility index (Phi) is 110. The molecule has 0 unspecified atom stereocenters. The first-order chi connectivity index (χ1) is 6.81. The van der Waals surface area contributed by atoms with Crippen molar-refractivity contribution >= 4 is 18.5 Å². The van der Waals surface area contributed by atoms with E-state index in [0.29, 0.717) is 0 Å². The zero-order valence-electron chi connectivity index (χ0n) is 9.09. The van der Waals surface area contributed by atoms with Crippen LogP contribution in [0.5, 0.6) is 0 Å². The molecule has 0 aromatic heterocycles. The van der Waals surface area contributed by atoms with Crippen molar-refractivity contribution in [2.24, 2.45) is 0 Å². The molecule has 122 valence electrons. The van der Waals surface area contributed by atoms with Crippen LogP contribution >= 0.6 is 0 Å².